The predicted octanol–water partition coefficient (Wildman–Crippen LogP) is 3.55. The van der Waals surface area contributed by atoms with Crippen molar-refractivity contribution in [3.63, 3.8) is 0 Å². The fourth-order valence-corrected chi connectivity index (χ4v) is 3.79. The fourth-order valence-electron chi connectivity index (χ4n) is 3.79. The van der Waals surface area contributed by atoms with Crippen LogP contribution in [-0.2, 0) is 9.53 Å². The number of esters is 1. The average Bonchev–Trinajstić information content (AvgIpc) is 3.12. The number of carbonyl (C=O) groups excluding carboxylic acids is 1. The molecule has 0 saturated heterocycles. The van der Waals surface area contributed by atoms with E-state index >= 15 is 0 Å². The van der Waals surface area contributed by atoms with Gasteiger partial charge in [-0.2, -0.15) is 0 Å². The Bertz CT molecular complexity index is 879. The number of benzene rings is 2. The predicted molar refractivity (Wildman–Crippen MR) is 103 cm³/mol. The summed E-state index contributed by atoms with van der Waals surface area (Å²) < 4.78 is 5.07. The maximum absolute atomic E-state index is 12.8. The molecule has 0 unspecified atom stereocenters. The molecule has 6 nitrogen and oxygen atoms in total. The van der Waals surface area contributed by atoms with Gasteiger partial charge in [-0.05, 0) is 30.9 Å². The lowest BCUT2D eigenvalue weighted by molar-refractivity contribution is -0.484. The Morgan fingerprint density at radius 3 is 2.63 bits per heavy atom. The van der Waals surface area contributed by atoms with Crippen LogP contribution in [0.25, 0.3) is 0 Å². The van der Waals surface area contributed by atoms with Crippen LogP contribution in [0.5, 0.6) is 0 Å². The molecule has 0 N–H and O–H groups in total. The number of aliphatic imine (C=N–C) groups is 1. The smallest absolute Gasteiger partial charge is 0.334 e. The van der Waals surface area contributed by atoms with Gasteiger partial charge in [0.1, 0.15) is 0 Å². The van der Waals surface area contributed by atoms with Crippen LogP contribution in [0.3, 0.4) is 0 Å². The molecule has 0 aromatic heterocycles. The Kier molecular flexibility index (Phi) is 5.35. The second-order valence-corrected chi connectivity index (χ2v) is 6.82. The van der Waals surface area contributed by atoms with Crippen molar-refractivity contribution in [3.05, 3.63) is 81.4 Å². The molecule has 0 spiro atoms. The number of methoxy groups -OCH3 is 1. The van der Waals surface area contributed by atoms with Crippen molar-refractivity contribution in [1.82, 2.24) is 0 Å². The third-order valence-corrected chi connectivity index (χ3v) is 5.08. The Hall–Kier alpha value is -3.02. The van der Waals surface area contributed by atoms with Gasteiger partial charge < -0.3 is 4.74 Å². The topological polar surface area (TPSA) is 81.8 Å². The standard InChI is InChI=1S/C21H22N2O4/c1-15-7-6-10-17(13-15)18(14-23(25)26)21(20(24)27-2)12-11-19(22-21)16-8-4-3-5-9-16/h3-10,13,18H,11-12,14H2,1-2H3/t18-,21-/m0/s1. The van der Waals surface area contributed by atoms with Crippen molar-refractivity contribution in [3.8, 4) is 0 Å². The summed E-state index contributed by atoms with van der Waals surface area (Å²) in [6.07, 6.45) is 0.954. The number of carbonyl (C=O) groups is 1. The van der Waals surface area contributed by atoms with Gasteiger partial charge in [0.25, 0.3) is 0 Å². The lowest BCUT2D eigenvalue weighted by Gasteiger charge is -2.30. The summed E-state index contributed by atoms with van der Waals surface area (Å²) in [6.45, 7) is 1.54. The monoisotopic (exact) mass is 366 g/mol. The van der Waals surface area contributed by atoms with Crippen molar-refractivity contribution in [2.75, 3.05) is 13.7 Å². The molecule has 1 aliphatic heterocycles. The lowest BCUT2D eigenvalue weighted by Crippen LogP contribution is -2.44. The molecule has 0 aliphatic carbocycles. The van der Waals surface area contributed by atoms with E-state index in [1.807, 2.05) is 61.5 Å². The first-order valence-corrected chi connectivity index (χ1v) is 8.87. The van der Waals surface area contributed by atoms with Crippen LogP contribution >= 0.6 is 0 Å². The minimum absolute atomic E-state index is 0.381. The second kappa shape index (κ2) is 7.70. The quantitative estimate of drug-likeness (QED) is 0.445. The number of nitrogens with zero attached hydrogens (tertiary/aromatic N) is 2. The largest absolute Gasteiger partial charge is 0.467 e. The summed E-state index contributed by atoms with van der Waals surface area (Å²) in [5, 5.41) is 11.4. The molecular formula is C21H22N2O4. The maximum atomic E-state index is 12.8. The van der Waals surface area contributed by atoms with E-state index in [4.69, 9.17) is 9.73 Å². The zero-order valence-electron chi connectivity index (χ0n) is 15.4. The lowest BCUT2D eigenvalue weighted by atomic mass is 9.77. The molecule has 0 bridgehead atoms. The number of nitro groups is 1. The van der Waals surface area contributed by atoms with Gasteiger partial charge in [-0.3, -0.25) is 15.1 Å². The second-order valence-electron chi connectivity index (χ2n) is 6.82. The van der Waals surface area contributed by atoms with E-state index in [1.54, 1.807) is 0 Å². The summed E-state index contributed by atoms with van der Waals surface area (Å²) in [7, 11) is 1.31. The molecule has 27 heavy (non-hydrogen) atoms. The van der Waals surface area contributed by atoms with Crippen molar-refractivity contribution in [2.45, 2.75) is 31.2 Å². The first-order valence-electron chi connectivity index (χ1n) is 8.87. The summed E-state index contributed by atoms with van der Waals surface area (Å²) in [6, 6.07) is 17.1. The molecule has 2 aromatic rings. The number of aryl methyl sites for hydroxylation is 1. The number of hydrogen-bond acceptors (Lipinski definition) is 5. The van der Waals surface area contributed by atoms with E-state index in [1.165, 1.54) is 7.11 Å². The minimum Gasteiger partial charge on any atom is -0.467 e. The molecule has 0 saturated carbocycles. The first-order chi connectivity index (χ1) is 13.0. The van der Waals surface area contributed by atoms with E-state index in [9.17, 15) is 14.9 Å². The maximum Gasteiger partial charge on any atom is 0.334 e. The number of ether oxygens (including phenoxy) is 1. The van der Waals surface area contributed by atoms with Gasteiger partial charge in [0.2, 0.25) is 6.54 Å². The van der Waals surface area contributed by atoms with E-state index in [0.717, 1.165) is 22.4 Å². The molecule has 1 heterocycles. The highest BCUT2D eigenvalue weighted by molar-refractivity contribution is 6.05. The normalized spacial score (nSPS) is 20.0. The van der Waals surface area contributed by atoms with Gasteiger partial charge in [-0.15, -0.1) is 0 Å². The summed E-state index contributed by atoms with van der Waals surface area (Å²) in [5.41, 5.74) is 2.12. The fraction of sp³-hybridized carbons (Fsp3) is 0.333. The van der Waals surface area contributed by atoms with Crippen LogP contribution in [0.2, 0.25) is 0 Å². The zero-order valence-corrected chi connectivity index (χ0v) is 15.4. The minimum atomic E-state index is -1.29. The van der Waals surface area contributed by atoms with Crippen LogP contribution in [-0.4, -0.2) is 35.8 Å². The first kappa shape index (κ1) is 18.8. The molecule has 6 heteroatoms. The van der Waals surface area contributed by atoms with Gasteiger partial charge in [-0.25, -0.2) is 4.79 Å². The Morgan fingerprint density at radius 1 is 1.26 bits per heavy atom. The van der Waals surface area contributed by atoms with Crippen molar-refractivity contribution < 1.29 is 14.5 Å². The Balaban J connectivity index is 2.13. The van der Waals surface area contributed by atoms with Crippen LogP contribution in [0.15, 0.2) is 59.6 Å². The summed E-state index contributed by atoms with van der Waals surface area (Å²) in [5.74, 6) is -1.22. The highest BCUT2D eigenvalue weighted by Gasteiger charge is 2.52. The van der Waals surface area contributed by atoms with E-state index in [2.05, 4.69) is 0 Å². The van der Waals surface area contributed by atoms with Gasteiger partial charge in [0, 0.05) is 10.6 Å². The van der Waals surface area contributed by atoms with Crippen molar-refractivity contribution in [2.24, 2.45) is 4.99 Å². The third-order valence-electron chi connectivity index (χ3n) is 5.08. The van der Waals surface area contributed by atoms with Gasteiger partial charge in [-0.1, -0.05) is 60.2 Å². The van der Waals surface area contributed by atoms with Crippen molar-refractivity contribution in [1.29, 1.82) is 0 Å². The van der Waals surface area contributed by atoms with E-state index in [0.29, 0.717) is 12.8 Å². The number of hydrogen-bond donors (Lipinski definition) is 0. The van der Waals surface area contributed by atoms with Crippen LogP contribution in [0.4, 0.5) is 0 Å². The van der Waals surface area contributed by atoms with Crippen LogP contribution in [0.1, 0.15) is 35.4 Å². The molecule has 0 fully saturated rings. The summed E-state index contributed by atoms with van der Waals surface area (Å²) in [4.78, 5) is 28.7. The Morgan fingerprint density at radius 2 is 2.00 bits per heavy atom. The van der Waals surface area contributed by atoms with E-state index < -0.39 is 17.4 Å². The van der Waals surface area contributed by atoms with Gasteiger partial charge in [0.05, 0.1) is 13.0 Å². The molecule has 2 aromatic carbocycles. The van der Waals surface area contributed by atoms with E-state index in [-0.39, 0.29) is 11.5 Å². The average molecular weight is 366 g/mol. The molecule has 2 atom stereocenters. The van der Waals surface area contributed by atoms with Crippen LogP contribution < -0.4 is 0 Å². The SMILES string of the molecule is COC(=O)[C@@]1([C@@H](C[N+](=O)[O-])c2cccc(C)c2)CCC(c2ccccc2)=N1. The molecule has 0 amide bonds. The summed E-state index contributed by atoms with van der Waals surface area (Å²) >= 11 is 0. The zero-order chi connectivity index (χ0) is 19.4. The highest BCUT2D eigenvalue weighted by Crippen LogP contribution is 2.42. The molecule has 3 rings (SSSR count). The van der Waals surface area contributed by atoms with Gasteiger partial charge >= 0.3 is 5.97 Å². The highest BCUT2D eigenvalue weighted by atomic mass is 16.6. The van der Waals surface area contributed by atoms with Crippen molar-refractivity contribution >= 4 is 11.7 Å². The number of rotatable bonds is 6. The third kappa shape index (κ3) is 3.74. The molecular weight excluding hydrogens is 344 g/mol. The molecule has 1 aliphatic rings. The van der Waals surface area contributed by atoms with Gasteiger partial charge in [0.15, 0.2) is 5.54 Å². The van der Waals surface area contributed by atoms with Crippen LogP contribution in [0, 0.1) is 17.0 Å². The Labute approximate surface area is 158 Å². The molecule has 140 valence electrons. The molecule has 0 radical (unpaired) electrons.